The molecule has 1 aliphatic heterocycles. The molecule has 2 unspecified atom stereocenters. The first-order chi connectivity index (χ1) is 7.25. The number of nitrogens with one attached hydrogen (secondary N) is 1. The van der Waals surface area contributed by atoms with Crippen molar-refractivity contribution in [1.29, 1.82) is 0 Å². The Morgan fingerprint density at radius 1 is 1.53 bits per heavy atom. The molecule has 1 aromatic rings. The second-order valence-corrected chi connectivity index (χ2v) is 4.55. The van der Waals surface area contributed by atoms with Gasteiger partial charge in [-0.05, 0) is 38.3 Å². The summed E-state index contributed by atoms with van der Waals surface area (Å²) in [6.45, 7) is 3.27. The third-order valence-corrected chi connectivity index (χ3v) is 3.17. The van der Waals surface area contributed by atoms with Gasteiger partial charge in [0, 0.05) is 12.1 Å². The van der Waals surface area contributed by atoms with E-state index in [2.05, 4.69) is 36.5 Å². The van der Waals surface area contributed by atoms with Crippen LogP contribution in [0.5, 0.6) is 0 Å². The highest BCUT2D eigenvalue weighted by atomic mass is 14.9. The van der Waals surface area contributed by atoms with E-state index >= 15 is 0 Å². The maximum absolute atomic E-state index is 6.20. The van der Waals surface area contributed by atoms with Gasteiger partial charge in [-0.25, -0.2) is 0 Å². The quantitative estimate of drug-likeness (QED) is 0.791. The number of nitrogens with two attached hydrogens (primary N) is 1. The van der Waals surface area contributed by atoms with Crippen LogP contribution in [0.4, 0.5) is 0 Å². The van der Waals surface area contributed by atoms with E-state index in [-0.39, 0.29) is 6.04 Å². The normalized spacial score (nSPS) is 22.9. The second-order valence-electron chi connectivity index (χ2n) is 4.55. The first-order valence-corrected chi connectivity index (χ1v) is 5.81. The Morgan fingerprint density at radius 3 is 3.07 bits per heavy atom. The molecule has 1 aromatic carbocycles. The van der Waals surface area contributed by atoms with Crippen LogP contribution in [-0.2, 0) is 0 Å². The SMILES string of the molecule is Cc1cccc(C(N)CC2CCCN2)c1. The van der Waals surface area contributed by atoms with E-state index in [4.69, 9.17) is 5.73 Å². The first-order valence-electron chi connectivity index (χ1n) is 5.81. The molecule has 1 heterocycles. The zero-order valence-electron chi connectivity index (χ0n) is 9.37. The van der Waals surface area contributed by atoms with Crippen molar-refractivity contribution in [3.05, 3.63) is 35.4 Å². The Balaban J connectivity index is 1.97. The molecule has 2 heteroatoms. The van der Waals surface area contributed by atoms with E-state index in [0.29, 0.717) is 6.04 Å². The molecule has 0 bridgehead atoms. The zero-order valence-corrected chi connectivity index (χ0v) is 9.37. The Bertz CT molecular complexity index is 316. The molecule has 2 atom stereocenters. The summed E-state index contributed by atoms with van der Waals surface area (Å²) >= 11 is 0. The molecule has 1 saturated heterocycles. The molecular formula is C13H20N2. The Hall–Kier alpha value is -0.860. The molecule has 0 spiro atoms. The van der Waals surface area contributed by atoms with Crippen LogP contribution in [0.15, 0.2) is 24.3 Å². The molecular weight excluding hydrogens is 184 g/mol. The number of benzene rings is 1. The Kier molecular flexibility index (Phi) is 3.39. The van der Waals surface area contributed by atoms with Crippen LogP contribution in [0.1, 0.15) is 36.4 Å². The van der Waals surface area contributed by atoms with Gasteiger partial charge in [-0.15, -0.1) is 0 Å². The lowest BCUT2D eigenvalue weighted by Crippen LogP contribution is -2.26. The molecule has 2 rings (SSSR count). The van der Waals surface area contributed by atoms with E-state index in [9.17, 15) is 0 Å². The highest BCUT2D eigenvalue weighted by Crippen LogP contribution is 2.20. The van der Waals surface area contributed by atoms with E-state index < -0.39 is 0 Å². The van der Waals surface area contributed by atoms with Gasteiger partial charge in [0.25, 0.3) is 0 Å². The highest BCUT2D eigenvalue weighted by Gasteiger charge is 2.18. The molecule has 1 fully saturated rings. The monoisotopic (exact) mass is 204 g/mol. The van der Waals surface area contributed by atoms with E-state index in [0.717, 1.165) is 13.0 Å². The van der Waals surface area contributed by atoms with Crippen LogP contribution >= 0.6 is 0 Å². The largest absolute Gasteiger partial charge is 0.324 e. The van der Waals surface area contributed by atoms with Crippen LogP contribution in [0.2, 0.25) is 0 Å². The van der Waals surface area contributed by atoms with E-state index in [1.54, 1.807) is 0 Å². The van der Waals surface area contributed by atoms with Crippen LogP contribution in [0.25, 0.3) is 0 Å². The smallest absolute Gasteiger partial charge is 0.0309 e. The van der Waals surface area contributed by atoms with Gasteiger partial charge >= 0.3 is 0 Å². The fourth-order valence-corrected chi connectivity index (χ4v) is 2.30. The van der Waals surface area contributed by atoms with E-state index in [1.165, 1.54) is 24.0 Å². The summed E-state index contributed by atoms with van der Waals surface area (Å²) in [6.07, 6.45) is 3.63. The number of hydrogen-bond donors (Lipinski definition) is 2. The maximum Gasteiger partial charge on any atom is 0.0309 e. The minimum Gasteiger partial charge on any atom is -0.324 e. The van der Waals surface area contributed by atoms with Crippen molar-refractivity contribution in [2.75, 3.05) is 6.54 Å². The molecule has 3 N–H and O–H groups in total. The molecule has 0 amide bonds. The van der Waals surface area contributed by atoms with Crippen molar-refractivity contribution >= 4 is 0 Å². The standard InChI is InChI=1S/C13H20N2/c1-10-4-2-5-11(8-10)13(14)9-12-6-3-7-15-12/h2,4-5,8,12-13,15H,3,6-7,9,14H2,1H3. The van der Waals surface area contributed by atoms with Gasteiger partial charge in [0.15, 0.2) is 0 Å². The third kappa shape index (κ3) is 2.80. The lowest BCUT2D eigenvalue weighted by atomic mass is 9.98. The molecule has 82 valence electrons. The van der Waals surface area contributed by atoms with Crippen LogP contribution in [-0.4, -0.2) is 12.6 Å². The fourth-order valence-electron chi connectivity index (χ4n) is 2.30. The van der Waals surface area contributed by atoms with Crippen molar-refractivity contribution < 1.29 is 0 Å². The average molecular weight is 204 g/mol. The molecule has 1 aliphatic rings. The summed E-state index contributed by atoms with van der Waals surface area (Å²) in [5.74, 6) is 0. The fraction of sp³-hybridized carbons (Fsp3) is 0.538. The average Bonchev–Trinajstić information content (AvgIpc) is 2.70. The number of rotatable bonds is 3. The summed E-state index contributed by atoms with van der Waals surface area (Å²) < 4.78 is 0. The molecule has 2 nitrogen and oxygen atoms in total. The summed E-state index contributed by atoms with van der Waals surface area (Å²) in [7, 11) is 0. The molecule has 15 heavy (non-hydrogen) atoms. The van der Waals surface area contributed by atoms with E-state index in [1.807, 2.05) is 0 Å². The Labute approximate surface area is 91.9 Å². The highest BCUT2D eigenvalue weighted by molar-refractivity contribution is 5.24. The number of hydrogen-bond acceptors (Lipinski definition) is 2. The lowest BCUT2D eigenvalue weighted by molar-refractivity contribution is 0.499. The van der Waals surface area contributed by atoms with Gasteiger partial charge in [0.2, 0.25) is 0 Å². The molecule has 0 aliphatic carbocycles. The van der Waals surface area contributed by atoms with Crippen molar-refractivity contribution in [2.45, 2.75) is 38.3 Å². The molecule has 0 saturated carbocycles. The lowest BCUT2D eigenvalue weighted by Gasteiger charge is -2.17. The van der Waals surface area contributed by atoms with Crippen LogP contribution < -0.4 is 11.1 Å². The predicted molar refractivity (Wildman–Crippen MR) is 63.7 cm³/mol. The summed E-state index contributed by atoms with van der Waals surface area (Å²) in [5, 5.41) is 3.49. The van der Waals surface area contributed by atoms with Crippen molar-refractivity contribution in [2.24, 2.45) is 5.73 Å². The van der Waals surface area contributed by atoms with Gasteiger partial charge in [-0.3, -0.25) is 0 Å². The van der Waals surface area contributed by atoms with Crippen LogP contribution in [0.3, 0.4) is 0 Å². The number of aryl methyl sites for hydroxylation is 1. The zero-order chi connectivity index (χ0) is 10.7. The predicted octanol–water partition coefficient (Wildman–Crippen LogP) is 2.14. The molecule has 0 radical (unpaired) electrons. The Morgan fingerprint density at radius 2 is 2.40 bits per heavy atom. The van der Waals surface area contributed by atoms with Gasteiger partial charge in [0.05, 0.1) is 0 Å². The van der Waals surface area contributed by atoms with Crippen molar-refractivity contribution in [3.63, 3.8) is 0 Å². The van der Waals surface area contributed by atoms with Gasteiger partial charge in [-0.2, -0.15) is 0 Å². The molecule has 0 aromatic heterocycles. The van der Waals surface area contributed by atoms with Gasteiger partial charge in [0.1, 0.15) is 0 Å². The first kappa shape index (κ1) is 10.7. The summed E-state index contributed by atoms with van der Waals surface area (Å²) in [5.41, 5.74) is 8.76. The van der Waals surface area contributed by atoms with Gasteiger partial charge < -0.3 is 11.1 Å². The van der Waals surface area contributed by atoms with Crippen molar-refractivity contribution in [3.8, 4) is 0 Å². The summed E-state index contributed by atoms with van der Waals surface area (Å²) in [4.78, 5) is 0. The minimum absolute atomic E-state index is 0.181. The third-order valence-electron chi connectivity index (χ3n) is 3.17. The maximum atomic E-state index is 6.20. The van der Waals surface area contributed by atoms with Crippen molar-refractivity contribution in [1.82, 2.24) is 5.32 Å². The topological polar surface area (TPSA) is 38.0 Å². The van der Waals surface area contributed by atoms with Gasteiger partial charge in [-0.1, -0.05) is 29.8 Å². The second kappa shape index (κ2) is 4.77. The minimum atomic E-state index is 0.181. The summed E-state index contributed by atoms with van der Waals surface area (Å²) in [6, 6.07) is 9.34. The van der Waals surface area contributed by atoms with Crippen LogP contribution in [0, 0.1) is 6.92 Å².